The van der Waals surface area contributed by atoms with Gasteiger partial charge >= 0.3 is 6.09 Å². The molecule has 0 saturated carbocycles. The lowest BCUT2D eigenvalue weighted by molar-refractivity contribution is 0.0636. The molecule has 0 fully saturated rings. The smallest absolute Gasteiger partial charge is 0.412 e. The molecule has 1 aromatic heterocycles. The number of methoxy groups -OCH3 is 2. The van der Waals surface area contributed by atoms with Crippen LogP contribution in [0.15, 0.2) is 18.2 Å². The van der Waals surface area contributed by atoms with Gasteiger partial charge in [0.1, 0.15) is 11.4 Å². The Morgan fingerprint density at radius 2 is 1.79 bits per heavy atom. The van der Waals surface area contributed by atoms with E-state index in [1.165, 1.54) is 14.2 Å². The molecule has 0 aliphatic rings. The molecular weight excluding hydrogens is 312 g/mol. The number of hydrogen-bond donors (Lipinski definition) is 3. The zero-order valence-corrected chi connectivity index (χ0v) is 14.4. The Balaban J connectivity index is 2.45. The van der Waals surface area contributed by atoms with Crippen LogP contribution in [0, 0.1) is 0 Å². The molecule has 1 heterocycles. The van der Waals surface area contributed by atoms with E-state index in [1.807, 2.05) is 0 Å². The monoisotopic (exact) mass is 334 g/mol. The van der Waals surface area contributed by atoms with Gasteiger partial charge in [-0.3, -0.25) is 10.4 Å². The molecule has 8 nitrogen and oxygen atoms in total. The van der Waals surface area contributed by atoms with Crippen LogP contribution in [0.25, 0.3) is 11.3 Å². The number of aromatic nitrogens is 2. The predicted molar refractivity (Wildman–Crippen MR) is 91.4 cm³/mol. The number of aromatic amines is 1. The van der Waals surface area contributed by atoms with Gasteiger partial charge in [0.15, 0.2) is 11.5 Å². The van der Waals surface area contributed by atoms with Crippen LogP contribution < -0.4 is 20.5 Å². The Labute approximate surface area is 140 Å². The summed E-state index contributed by atoms with van der Waals surface area (Å²) in [6, 6.07) is 5.02. The summed E-state index contributed by atoms with van der Waals surface area (Å²) in [6.07, 6.45) is -0.580. The topological polar surface area (TPSA) is 111 Å². The van der Waals surface area contributed by atoms with E-state index in [9.17, 15) is 4.79 Å². The number of rotatable bonds is 4. The first-order valence-electron chi connectivity index (χ1n) is 7.31. The zero-order chi connectivity index (χ0) is 17.9. The molecule has 1 aromatic carbocycles. The fourth-order valence-electron chi connectivity index (χ4n) is 2.09. The van der Waals surface area contributed by atoms with Crippen LogP contribution in [0.1, 0.15) is 20.8 Å². The summed E-state index contributed by atoms with van der Waals surface area (Å²) in [6.45, 7) is 5.37. The van der Waals surface area contributed by atoms with Crippen molar-refractivity contribution >= 4 is 17.6 Å². The number of nitrogens with two attached hydrogens (primary N) is 1. The third-order valence-electron chi connectivity index (χ3n) is 3.05. The Kier molecular flexibility index (Phi) is 4.87. The summed E-state index contributed by atoms with van der Waals surface area (Å²) in [5.74, 6) is 1.32. The number of ether oxygens (including phenoxy) is 3. The Hall–Kier alpha value is -2.90. The molecule has 2 rings (SSSR count). The molecule has 0 unspecified atom stereocenters. The SMILES string of the molecule is COc1cc(NC(=O)OC(C)(C)C)c(-c2cc(N)n[nH]2)cc1OC. The third kappa shape index (κ3) is 4.09. The number of hydrogen-bond acceptors (Lipinski definition) is 6. The van der Waals surface area contributed by atoms with Crippen LogP contribution in [0.5, 0.6) is 11.5 Å². The Morgan fingerprint density at radius 3 is 2.29 bits per heavy atom. The van der Waals surface area contributed by atoms with E-state index in [0.717, 1.165) is 0 Å². The molecule has 0 aliphatic heterocycles. The van der Waals surface area contributed by atoms with Gasteiger partial charge in [0, 0.05) is 17.7 Å². The maximum Gasteiger partial charge on any atom is 0.412 e. The average molecular weight is 334 g/mol. The van der Waals surface area contributed by atoms with E-state index in [4.69, 9.17) is 19.9 Å². The van der Waals surface area contributed by atoms with Gasteiger partial charge in [-0.05, 0) is 26.8 Å². The molecule has 0 bridgehead atoms. The van der Waals surface area contributed by atoms with Gasteiger partial charge in [0.25, 0.3) is 0 Å². The molecule has 2 aromatic rings. The van der Waals surface area contributed by atoms with Crippen LogP contribution in [0.4, 0.5) is 16.3 Å². The van der Waals surface area contributed by atoms with E-state index >= 15 is 0 Å². The number of carbonyl (C=O) groups excluding carboxylic acids is 1. The summed E-state index contributed by atoms with van der Waals surface area (Å²) in [7, 11) is 3.05. The normalized spacial score (nSPS) is 11.0. The molecule has 24 heavy (non-hydrogen) atoms. The molecule has 1 amide bonds. The van der Waals surface area contributed by atoms with E-state index < -0.39 is 11.7 Å². The van der Waals surface area contributed by atoms with Crippen LogP contribution in [0.2, 0.25) is 0 Å². The molecule has 0 atom stereocenters. The first-order valence-corrected chi connectivity index (χ1v) is 7.31. The van der Waals surface area contributed by atoms with E-state index in [2.05, 4.69) is 15.5 Å². The first-order chi connectivity index (χ1) is 11.2. The summed E-state index contributed by atoms with van der Waals surface area (Å²) < 4.78 is 15.9. The standard InChI is InChI=1S/C16H22N4O4/c1-16(2,3)24-15(21)18-10-7-13(23-5)12(22-4)6-9(10)11-8-14(17)20-19-11/h6-8H,1-5H3,(H,18,21)(H3,17,19,20). The molecule has 130 valence electrons. The summed E-state index contributed by atoms with van der Waals surface area (Å²) in [5.41, 5.74) is 6.80. The minimum atomic E-state index is -0.612. The maximum atomic E-state index is 12.1. The predicted octanol–water partition coefficient (Wildman–Crippen LogP) is 3.02. The summed E-state index contributed by atoms with van der Waals surface area (Å²) >= 11 is 0. The number of carbonyl (C=O) groups is 1. The van der Waals surface area contributed by atoms with Crippen molar-refractivity contribution < 1.29 is 19.0 Å². The lowest BCUT2D eigenvalue weighted by Crippen LogP contribution is -2.27. The molecule has 8 heteroatoms. The van der Waals surface area contributed by atoms with Gasteiger partial charge < -0.3 is 19.9 Å². The van der Waals surface area contributed by atoms with Crippen molar-refractivity contribution in [2.24, 2.45) is 0 Å². The van der Waals surface area contributed by atoms with Crippen molar-refractivity contribution in [1.82, 2.24) is 10.2 Å². The van der Waals surface area contributed by atoms with Crippen molar-refractivity contribution in [2.45, 2.75) is 26.4 Å². The molecule has 0 spiro atoms. The van der Waals surface area contributed by atoms with Gasteiger partial charge in [0.05, 0.1) is 25.6 Å². The van der Waals surface area contributed by atoms with Crippen molar-refractivity contribution in [3.8, 4) is 22.8 Å². The second-order valence-corrected chi connectivity index (χ2v) is 6.09. The molecule has 0 aliphatic carbocycles. The quantitative estimate of drug-likeness (QED) is 0.792. The summed E-state index contributed by atoms with van der Waals surface area (Å²) in [5, 5.41) is 9.43. The number of anilines is 2. The van der Waals surface area contributed by atoms with E-state index in [-0.39, 0.29) is 0 Å². The van der Waals surface area contributed by atoms with Gasteiger partial charge in [-0.1, -0.05) is 0 Å². The number of nitrogens with one attached hydrogen (secondary N) is 2. The van der Waals surface area contributed by atoms with Crippen molar-refractivity contribution in [3.05, 3.63) is 18.2 Å². The fourth-order valence-corrected chi connectivity index (χ4v) is 2.09. The Bertz CT molecular complexity index is 734. The highest BCUT2D eigenvalue weighted by molar-refractivity contribution is 5.92. The minimum absolute atomic E-state index is 0.336. The molecule has 0 saturated heterocycles. The van der Waals surface area contributed by atoms with Crippen LogP contribution >= 0.6 is 0 Å². The number of H-pyrrole nitrogens is 1. The lowest BCUT2D eigenvalue weighted by Gasteiger charge is -2.21. The van der Waals surface area contributed by atoms with Crippen molar-refractivity contribution in [2.75, 3.05) is 25.3 Å². The first kappa shape index (κ1) is 17.5. The number of nitrogen functional groups attached to an aromatic ring is 1. The maximum absolute atomic E-state index is 12.1. The average Bonchev–Trinajstić information content (AvgIpc) is 2.91. The highest BCUT2D eigenvalue weighted by atomic mass is 16.6. The van der Waals surface area contributed by atoms with Gasteiger partial charge in [-0.15, -0.1) is 0 Å². The second kappa shape index (κ2) is 6.69. The third-order valence-corrected chi connectivity index (χ3v) is 3.05. The van der Waals surface area contributed by atoms with Gasteiger partial charge in [-0.25, -0.2) is 4.79 Å². The van der Waals surface area contributed by atoms with Crippen LogP contribution in [-0.4, -0.2) is 36.1 Å². The second-order valence-electron chi connectivity index (χ2n) is 6.09. The highest BCUT2D eigenvalue weighted by Gasteiger charge is 2.20. The number of benzene rings is 1. The molecule has 4 N–H and O–H groups in total. The van der Waals surface area contributed by atoms with Crippen LogP contribution in [-0.2, 0) is 4.74 Å². The number of nitrogens with zero attached hydrogens (tertiary/aromatic N) is 1. The Morgan fingerprint density at radius 1 is 1.17 bits per heavy atom. The lowest BCUT2D eigenvalue weighted by atomic mass is 10.1. The largest absolute Gasteiger partial charge is 0.493 e. The zero-order valence-electron chi connectivity index (χ0n) is 14.4. The molecule has 0 radical (unpaired) electrons. The van der Waals surface area contributed by atoms with Crippen molar-refractivity contribution in [1.29, 1.82) is 0 Å². The fraction of sp³-hybridized carbons (Fsp3) is 0.375. The summed E-state index contributed by atoms with van der Waals surface area (Å²) in [4.78, 5) is 12.1. The van der Waals surface area contributed by atoms with E-state index in [0.29, 0.717) is 34.3 Å². The highest BCUT2D eigenvalue weighted by Crippen LogP contribution is 2.38. The van der Waals surface area contributed by atoms with Crippen molar-refractivity contribution in [3.63, 3.8) is 0 Å². The minimum Gasteiger partial charge on any atom is -0.493 e. The van der Waals surface area contributed by atoms with Crippen LogP contribution in [0.3, 0.4) is 0 Å². The molecular formula is C16H22N4O4. The van der Waals surface area contributed by atoms with Gasteiger partial charge in [0.2, 0.25) is 0 Å². The number of amides is 1. The van der Waals surface area contributed by atoms with Gasteiger partial charge in [-0.2, -0.15) is 5.10 Å². The van der Waals surface area contributed by atoms with E-state index in [1.54, 1.807) is 39.0 Å².